The number of anilines is 1. The van der Waals surface area contributed by atoms with Gasteiger partial charge >= 0.3 is 0 Å². The lowest BCUT2D eigenvalue weighted by Crippen LogP contribution is -2.45. The Morgan fingerprint density at radius 3 is 2.53 bits per heavy atom. The minimum absolute atomic E-state index is 0.0801. The van der Waals surface area contributed by atoms with Crippen molar-refractivity contribution < 1.29 is 19.1 Å². The molecule has 2 aromatic carbocycles. The maximum absolute atomic E-state index is 13.8. The summed E-state index contributed by atoms with van der Waals surface area (Å²) in [5.41, 5.74) is 2.99. The van der Waals surface area contributed by atoms with Gasteiger partial charge in [-0.15, -0.1) is 0 Å². The van der Waals surface area contributed by atoms with Crippen LogP contribution in [0.2, 0.25) is 5.02 Å². The van der Waals surface area contributed by atoms with Gasteiger partial charge in [-0.1, -0.05) is 63.6 Å². The highest BCUT2D eigenvalue weighted by Gasteiger charge is 2.39. The summed E-state index contributed by atoms with van der Waals surface area (Å²) >= 11 is 6.42. The Bertz CT molecular complexity index is 1110. The Kier molecular flexibility index (Phi) is 9.14. The molecule has 0 fully saturated rings. The van der Waals surface area contributed by atoms with Gasteiger partial charge in [-0.2, -0.15) is 0 Å². The third-order valence-electron chi connectivity index (χ3n) is 5.78. The highest BCUT2D eigenvalue weighted by atomic mass is 35.5. The molecule has 0 saturated heterocycles. The third-order valence-corrected chi connectivity index (χ3v) is 6.01. The van der Waals surface area contributed by atoms with Crippen LogP contribution in [0.25, 0.3) is 0 Å². The van der Waals surface area contributed by atoms with Crippen molar-refractivity contribution in [3.05, 3.63) is 64.2 Å². The van der Waals surface area contributed by atoms with E-state index in [0.29, 0.717) is 30.3 Å². The van der Waals surface area contributed by atoms with E-state index in [0.717, 1.165) is 23.1 Å². The Hall–Kier alpha value is -2.90. The van der Waals surface area contributed by atoms with Crippen molar-refractivity contribution in [2.45, 2.75) is 66.2 Å². The number of carbonyl (C=O) groups excluding carboxylic acids is 3. The predicted octanol–water partition coefficient (Wildman–Crippen LogP) is 4.76. The van der Waals surface area contributed by atoms with Crippen LogP contribution in [-0.2, 0) is 25.7 Å². The number of amides is 3. The fourth-order valence-corrected chi connectivity index (χ4v) is 4.38. The van der Waals surface area contributed by atoms with Crippen LogP contribution in [0, 0.1) is 5.41 Å². The normalized spacial score (nSPS) is 17.8. The van der Waals surface area contributed by atoms with Crippen molar-refractivity contribution in [2.24, 2.45) is 5.41 Å². The zero-order chi connectivity index (χ0) is 26.5. The SMILES string of the molecule is CCCNC(=O)CC1OC(c2cccc(CNC(C)=O)c2)c2cc(Cl)ccc2N(CC(C)(C)C)C1=O. The van der Waals surface area contributed by atoms with E-state index in [4.69, 9.17) is 16.3 Å². The van der Waals surface area contributed by atoms with Gasteiger partial charge < -0.3 is 20.3 Å². The predicted molar refractivity (Wildman–Crippen MR) is 142 cm³/mol. The van der Waals surface area contributed by atoms with E-state index in [2.05, 4.69) is 31.4 Å². The molecule has 0 bridgehead atoms. The molecular formula is C28H36ClN3O4. The number of rotatable bonds is 8. The minimum atomic E-state index is -0.973. The summed E-state index contributed by atoms with van der Waals surface area (Å²) in [5, 5.41) is 6.19. The van der Waals surface area contributed by atoms with E-state index in [1.807, 2.05) is 43.3 Å². The molecule has 0 aromatic heterocycles. The maximum Gasteiger partial charge on any atom is 0.256 e. The van der Waals surface area contributed by atoms with Gasteiger partial charge in [0.05, 0.1) is 6.42 Å². The molecule has 2 aromatic rings. The lowest BCUT2D eigenvalue weighted by atomic mass is 9.94. The highest BCUT2D eigenvalue weighted by molar-refractivity contribution is 6.30. The molecule has 3 rings (SSSR count). The Labute approximate surface area is 218 Å². The van der Waals surface area contributed by atoms with E-state index in [1.165, 1.54) is 6.92 Å². The Morgan fingerprint density at radius 2 is 1.86 bits per heavy atom. The van der Waals surface area contributed by atoms with Crippen LogP contribution in [-0.4, -0.2) is 36.9 Å². The molecule has 194 valence electrons. The molecule has 0 saturated carbocycles. The summed E-state index contributed by atoms with van der Waals surface area (Å²) in [5.74, 6) is -0.602. The van der Waals surface area contributed by atoms with Gasteiger partial charge in [0.15, 0.2) is 0 Å². The first-order valence-corrected chi connectivity index (χ1v) is 12.7. The van der Waals surface area contributed by atoms with Gasteiger partial charge in [0.2, 0.25) is 11.8 Å². The number of fused-ring (bicyclic) bond motifs is 1. The van der Waals surface area contributed by atoms with Crippen LogP contribution >= 0.6 is 11.6 Å². The highest BCUT2D eigenvalue weighted by Crippen LogP contribution is 2.41. The standard InChI is InChI=1S/C28H36ClN3O4/c1-6-12-30-25(34)15-24-27(35)32(17-28(3,4)5)23-11-10-21(29)14-22(23)26(36-24)20-9-7-8-19(13-20)16-31-18(2)33/h7-11,13-14,24,26H,6,12,15-17H2,1-5H3,(H,30,34)(H,31,33). The van der Waals surface area contributed by atoms with Crippen LogP contribution in [0.15, 0.2) is 42.5 Å². The number of nitrogens with zero attached hydrogens (tertiary/aromatic N) is 1. The van der Waals surface area contributed by atoms with E-state index in [9.17, 15) is 14.4 Å². The molecule has 2 N–H and O–H groups in total. The molecule has 1 aliphatic rings. The lowest BCUT2D eigenvalue weighted by Gasteiger charge is -2.31. The smallest absolute Gasteiger partial charge is 0.256 e. The summed E-state index contributed by atoms with van der Waals surface area (Å²) in [4.78, 5) is 39.7. The summed E-state index contributed by atoms with van der Waals surface area (Å²) in [7, 11) is 0. The quantitative estimate of drug-likeness (QED) is 0.532. The van der Waals surface area contributed by atoms with Crippen LogP contribution in [0.4, 0.5) is 5.69 Å². The number of ether oxygens (including phenoxy) is 1. The second-order valence-corrected chi connectivity index (χ2v) is 10.8. The maximum atomic E-state index is 13.8. The molecule has 2 unspecified atom stereocenters. The Balaban J connectivity index is 2.10. The second kappa shape index (κ2) is 11.9. The van der Waals surface area contributed by atoms with Crippen molar-refractivity contribution in [3.8, 4) is 0 Å². The number of hydrogen-bond acceptors (Lipinski definition) is 4. The van der Waals surface area contributed by atoms with Crippen LogP contribution in [0.3, 0.4) is 0 Å². The second-order valence-electron chi connectivity index (χ2n) is 10.4. The molecule has 0 aliphatic carbocycles. The summed E-state index contributed by atoms with van der Waals surface area (Å²) in [6.07, 6.45) is -0.883. The number of carbonyl (C=O) groups is 3. The van der Waals surface area contributed by atoms with Gasteiger partial charge in [-0.3, -0.25) is 14.4 Å². The number of nitrogens with one attached hydrogen (secondary N) is 2. The fraction of sp³-hybridized carbons (Fsp3) is 0.464. The molecule has 36 heavy (non-hydrogen) atoms. The molecule has 3 amide bonds. The summed E-state index contributed by atoms with van der Waals surface area (Å²) in [6.45, 7) is 11.0. The van der Waals surface area contributed by atoms with Gasteiger partial charge in [-0.05, 0) is 41.2 Å². The molecule has 7 nitrogen and oxygen atoms in total. The van der Waals surface area contributed by atoms with E-state index >= 15 is 0 Å². The van der Waals surface area contributed by atoms with Crippen molar-refractivity contribution in [1.82, 2.24) is 10.6 Å². The molecule has 8 heteroatoms. The minimum Gasteiger partial charge on any atom is -0.356 e. The lowest BCUT2D eigenvalue weighted by molar-refractivity contribution is -0.138. The molecule has 2 atom stereocenters. The van der Waals surface area contributed by atoms with E-state index in [-0.39, 0.29) is 29.6 Å². The number of benzene rings is 2. The van der Waals surface area contributed by atoms with Gasteiger partial charge in [0.25, 0.3) is 5.91 Å². The molecule has 0 radical (unpaired) electrons. The first-order chi connectivity index (χ1) is 17.0. The zero-order valence-corrected chi connectivity index (χ0v) is 22.4. The summed E-state index contributed by atoms with van der Waals surface area (Å²) in [6, 6.07) is 13.1. The molecule has 1 heterocycles. The summed E-state index contributed by atoms with van der Waals surface area (Å²) < 4.78 is 6.47. The molecule has 0 spiro atoms. The average Bonchev–Trinajstić information content (AvgIpc) is 2.91. The van der Waals surface area contributed by atoms with Gasteiger partial charge in [0.1, 0.15) is 12.2 Å². The Morgan fingerprint density at radius 1 is 1.11 bits per heavy atom. The third kappa shape index (κ3) is 7.31. The largest absolute Gasteiger partial charge is 0.356 e. The monoisotopic (exact) mass is 513 g/mol. The van der Waals surface area contributed by atoms with E-state index in [1.54, 1.807) is 11.0 Å². The van der Waals surface area contributed by atoms with Crippen molar-refractivity contribution in [2.75, 3.05) is 18.0 Å². The van der Waals surface area contributed by atoms with Gasteiger partial charge in [-0.25, -0.2) is 0 Å². The van der Waals surface area contributed by atoms with Crippen LogP contribution in [0.1, 0.15) is 70.3 Å². The van der Waals surface area contributed by atoms with Crippen molar-refractivity contribution in [1.29, 1.82) is 0 Å². The average molecular weight is 514 g/mol. The zero-order valence-electron chi connectivity index (χ0n) is 21.7. The number of hydrogen-bond donors (Lipinski definition) is 2. The molecular weight excluding hydrogens is 478 g/mol. The van der Waals surface area contributed by atoms with E-state index < -0.39 is 12.2 Å². The topological polar surface area (TPSA) is 87.7 Å². The van der Waals surface area contributed by atoms with Crippen LogP contribution < -0.4 is 15.5 Å². The van der Waals surface area contributed by atoms with Gasteiger partial charge in [0, 0.05) is 42.8 Å². The van der Waals surface area contributed by atoms with Crippen molar-refractivity contribution in [3.63, 3.8) is 0 Å². The first kappa shape index (κ1) is 27.7. The van der Waals surface area contributed by atoms with Crippen LogP contribution in [0.5, 0.6) is 0 Å². The van der Waals surface area contributed by atoms with Crippen molar-refractivity contribution >= 4 is 35.0 Å². The number of halogens is 1. The molecule has 1 aliphatic heterocycles. The first-order valence-electron chi connectivity index (χ1n) is 12.3. The fourth-order valence-electron chi connectivity index (χ4n) is 4.20.